The molecule has 0 amide bonds. The number of fused-ring (bicyclic) bond motifs is 1. The minimum absolute atomic E-state index is 0.161. The number of halogens is 2. The van der Waals surface area contributed by atoms with Gasteiger partial charge in [-0.05, 0) is 31.5 Å². The Morgan fingerprint density at radius 2 is 2.30 bits per heavy atom. The van der Waals surface area contributed by atoms with Gasteiger partial charge in [-0.3, -0.25) is 4.99 Å². The van der Waals surface area contributed by atoms with Gasteiger partial charge in [0.15, 0.2) is 0 Å². The van der Waals surface area contributed by atoms with Gasteiger partial charge in [-0.15, -0.1) is 11.8 Å². The van der Waals surface area contributed by atoms with Crippen molar-refractivity contribution in [2.24, 2.45) is 10.9 Å². The lowest BCUT2D eigenvalue weighted by Crippen LogP contribution is -2.35. The molecule has 0 saturated heterocycles. The summed E-state index contributed by atoms with van der Waals surface area (Å²) in [5.74, 6) is 1.16. The molecule has 108 valence electrons. The van der Waals surface area contributed by atoms with Gasteiger partial charge in [-0.1, -0.05) is 15.9 Å². The lowest BCUT2D eigenvalue weighted by molar-refractivity contribution is 0.102. The molecule has 5 heteroatoms. The maximum Gasteiger partial charge on any atom is 0.128 e. The molecule has 3 unspecified atom stereocenters. The summed E-state index contributed by atoms with van der Waals surface area (Å²) in [5.41, 5.74) is 0.250. The van der Waals surface area contributed by atoms with E-state index < -0.39 is 5.54 Å². The predicted octanol–water partition coefficient (Wildman–Crippen LogP) is 4.37. The smallest absolute Gasteiger partial charge is 0.128 e. The summed E-state index contributed by atoms with van der Waals surface area (Å²) >= 11 is 5.22. The van der Waals surface area contributed by atoms with Crippen LogP contribution in [0.25, 0.3) is 0 Å². The fourth-order valence-electron chi connectivity index (χ4n) is 3.39. The van der Waals surface area contributed by atoms with Crippen LogP contribution in [0.15, 0.2) is 27.7 Å². The van der Waals surface area contributed by atoms with Crippen LogP contribution >= 0.6 is 27.7 Å². The van der Waals surface area contributed by atoms with Crippen LogP contribution in [0.3, 0.4) is 0 Å². The fourth-order valence-corrected chi connectivity index (χ4v) is 4.83. The van der Waals surface area contributed by atoms with Crippen molar-refractivity contribution in [2.45, 2.75) is 31.4 Å². The average Bonchev–Trinajstić information content (AvgIpc) is 2.80. The van der Waals surface area contributed by atoms with Crippen molar-refractivity contribution in [1.82, 2.24) is 0 Å². The lowest BCUT2D eigenvalue weighted by atomic mass is 9.81. The van der Waals surface area contributed by atoms with Gasteiger partial charge < -0.3 is 4.74 Å². The third-order valence-electron chi connectivity index (χ3n) is 4.34. The molecule has 20 heavy (non-hydrogen) atoms. The lowest BCUT2D eigenvalue weighted by Gasteiger charge is -2.36. The van der Waals surface area contributed by atoms with Gasteiger partial charge in [-0.25, -0.2) is 4.39 Å². The number of rotatable bonds is 2. The predicted molar refractivity (Wildman–Crippen MR) is 84.9 cm³/mol. The summed E-state index contributed by atoms with van der Waals surface area (Å²) in [6.07, 6.45) is 1.87. The van der Waals surface area contributed by atoms with Crippen LogP contribution in [-0.2, 0) is 10.3 Å². The van der Waals surface area contributed by atoms with Gasteiger partial charge in [0.1, 0.15) is 5.82 Å². The third kappa shape index (κ3) is 2.34. The molecule has 0 spiro atoms. The highest BCUT2D eigenvalue weighted by Gasteiger charge is 2.51. The number of hydrogen-bond donors (Lipinski definition) is 0. The standard InChI is InChI=1S/C15H17BrFNOS/c1-9-18-15(13-6-11(16)3-4-14(13)17)7-12(19-2)5-10(15)8-20-9/h3-4,6,10,12H,5,7-8H2,1-2H3. The van der Waals surface area contributed by atoms with Crippen molar-refractivity contribution in [3.8, 4) is 0 Å². The van der Waals surface area contributed by atoms with Gasteiger partial charge in [0.05, 0.1) is 16.7 Å². The maximum absolute atomic E-state index is 14.4. The quantitative estimate of drug-likeness (QED) is 0.783. The Morgan fingerprint density at radius 1 is 1.50 bits per heavy atom. The molecule has 1 aromatic rings. The van der Waals surface area contributed by atoms with Gasteiger partial charge in [0.2, 0.25) is 0 Å². The van der Waals surface area contributed by atoms with Crippen LogP contribution in [0.1, 0.15) is 25.3 Å². The molecule has 0 N–H and O–H groups in total. The molecule has 0 radical (unpaired) electrons. The highest BCUT2D eigenvalue weighted by Crippen LogP contribution is 2.52. The first-order valence-electron chi connectivity index (χ1n) is 6.73. The van der Waals surface area contributed by atoms with Crippen molar-refractivity contribution in [1.29, 1.82) is 0 Å². The number of hydrogen-bond acceptors (Lipinski definition) is 3. The summed E-state index contributed by atoms with van der Waals surface area (Å²) in [7, 11) is 1.73. The van der Waals surface area contributed by atoms with E-state index in [0.717, 1.165) is 28.1 Å². The Balaban J connectivity index is 2.14. The van der Waals surface area contributed by atoms with E-state index in [4.69, 9.17) is 9.73 Å². The molecule has 1 fully saturated rings. The maximum atomic E-state index is 14.4. The van der Waals surface area contributed by atoms with Gasteiger partial charge >= 0.3 is 0 Å². The van der Waals surface area contributed by atoms with Crippen molar-refractivity contribution < 1.29 is 9.13 Å². The Labute approximate surface area is 131 Å². The SMILES string of the molecule is COC1CC2CSC(C)=NC2(c2cc(Br)ccc2F)C1. The molecule has 1 aromatic carbocycles. The van der Waals surface area contributed by atoms with Crippen LogP contribution in [0.2, 0.25) is 0 Å². The zero-order valence-electron chi connectivity index (χ0n) is 11.5. The van der Waals surface area contributed by atoms with Crippen LogP contribution in [-0.4, -0.2) is 24.0 Å². The van der Waals surface area contributed by atoms with Crippen molar-refractivity contribution in [3.05, 3.63) is 34.1 Å². The average molecular weight is 358 g/mol. The summed E-state index contributed by atoms with van der Waals surface area (Å²) in [6.45, 7) is 2.01. The molecule has 1 aliphatic carbocycles. The van der Waals surface area contributed by atoms with E-state index in [1.165, 1.54) is 6.07 Å². The van der Waals surface area contributed by atoms with Gasteiger partial charge in [-0.2, -0.15) is 0 Å². The number of methoxy groups -OCH3 is 1. The summed E-state index contributed by atoms with van der Waals surface area (Å²) < 4.78 is 20.8. The van der Waals surface area contributed by atoms with Crippen molar-refractivity contribution in [2.75, 3.05) is 12.9 Å². The molecule has 0 aromatic heterocycles. The highest BCUT2D eigenvalue weighted by molar-refractivity contribution is 9.10. The largest absolute Gasteiger partial charge is 0.381 e. The second kappa shape index (κ2) is 5.43. The molecule has 3 rings (SSSR count). The molecule has 0 bridgehead atoms. The molecule has 3 atom stereocenters. The van der Waals surface area contributed by atoms with Crippen molar-refractivity contribution >= 4 is 32.7 Å². The minimum atomic E-state index is -0.454. The molecule has 2 nitrogen and oxygen atoms in total. The normalized spacial score (nSPS) is 32.9. The summed E-state index contributed by atoms with van der Waals surface area (Å²) in [5, 5.41) is 1.04. The van der Waals surface area contributed by atoms with E-state index in [1.54, 1.807) is 24.9 Å². The van der Waals surface area contributed by atoms with E-state index in [2.05, 4.69) is 15.9 Å². The second-order valence-corrected chi connectivity index (χ2v) is 7.61. The van der Waals surface area contributed by atoms with E-state index in [9.17, 15) is 4.39 Å². The first kappa shape index (κ1) is 14.5. The van der Waals surface area contributed by atoms with Crippen molar-refractivity contribution in [3.63, 3.8) is 0 Å². The summed E-state index contributed by atoms with van der Waals surface area (Å²) in [6, 6.07) is 5.15. The number of thioether (sulfide) groups is 1. The van der Waals surface area contributed by atoms with Crippen LogP contribution in [0.4, 0.5) is 4.39 Å². The Morgan fingerprint density at radius 3 is 3.05 bits per heavy atom. The number of ether oxygens (including phenoxy) is 1. The van der Waals surface area contributed by atoms with Crippen LogP contribution in [0, 0.1) is 11.7 Å². The molecular weight excluding hydrogens is 341 g/mol. The zero-order chi connectivity index (χ0) is 14.3. The monoisotopic (exact) mass is 357 g/mol. The van der Waals surface area contributed by atoms with E-state index in [0.29, 0.717) is 11.5 Å². The minimum Gasteiger partial charge on any atom is -0.381 e. The third-order valence-corrected chi connectivity index (χ3v) is 5.91. The summed E-state index contributed by atoms with van der Waals surface area (Å²) in [4.78, 5) is 4.88. The van der Waals surface area contributed by atoms with E-state index in [1.807, 2.05) is 13.0 Å². The van der Waals surface area contributed by atoms with Gasteiger partial charge in [0.25, 0.3) is 0 Å². The van der Waals surface area contributed by atoms with E-state index in [-0.39, 0.29) is 11.9 Å². The number of aliphatic imine (C=N–C) groups is 1. The Hall–Kier alpha value is -0.390. The molecule has 1 saturated carbocycles. The topological polar surface area (TPSA) is 21.6 Å². The van der Waals surface area contributed by atoms with Crippen LogP contribution in [0.5, 0.6) is 0 Å². The molecule has 2 aliphatic rings. The molecule has 1 aliphatic heterocycles. The molecular formula is C15H17BrFNOS. The first-order chi connectivity index (χ1) is 9.55. The fraction of sp³-hybridized carbons (Fsp3) is 0.533. The zero-order valence-corrected chi connectivity index (χ0v) is 13.9. The Kier molecular flexibility index (Phi) is 3.95. The van der Waals surface area contributed by atoms with Crippen LogP contribution < -0.4 is 0 Å². The Bertz CT molecular complexity index is 565. The molecule has 1 heterocycles. The first-order valence-corrected chi connectivity index (χ1v) is 8.50. The second-order valence-electron chi connectivity index (χ2n) is 5.48. The number of nitrogens with zero attached hydrogens (tertiary/aromatic N) is 1. The van der Waals surface area contributed by atoms with E-state index >= 15 is 0 Å². The van der Waals surface area contributed by atoms with Gasteiger partial charge in [0, 0.05) is 35.2 Å². The highest BCUT2D eigenvalue weighted by atomic mass is 79.9. The number of benzene rings is 1.